The molecule has 1 aromatic rings. The molecule has 1 rings (SSSR count). The Morgan fingerprint density at radius 2 is 2.15 bits per heavy atom. The predicted octanol–water partition coefficient (Wildman–Crippen LogP) is 0.828. The summed E-state index contributed by atoms with van der Waals surface area (Å²) in [6, 6.07) is 1.79. The first-order valence-corrected chi connectivity index (χ1v) is 6.84. The minimum atomic E-state index is -0.397. The normalized spacial score (nSPS) is 10.6. The Morgan fingerprint density at radius 3 is 2.70 bits per heavy atom. The summed E-state index contributed by atoms with van der Waals surface area (Å²) in [5, 5.41) is 3.16. The van der Waals surface area contributed by atoms with Crippen molar-refractivity contribution in [1.82, 2.24) is 9.97 Å². The summed E-state index contributed by atoms with van der Waals surface area (Å²) in [6.45, 7) is 7.78. The molecule has 1 amide bonds. The van der Waals surface area contributed by atoms with E-state index in [-0.39, 0.29) is 12.5 Å². The first-order chi connectivity index (χ1) is 9.42. The Balaban J connectivity index is 2.98. The summed E-state index contributed by atoms with van der Waals surface area (Å²) >= 11 is 0. The minimum Gasteiger partial charge on any atom is -0.370 e. The standard InChI is InChI=1S/C13H24N6O/c1-4-5-16-11-6-12(18-13(15)17-11)19(7-9(2)3)8-10(14)20/h6,9H,4-5,7-8H2,1-3H3,(H2,14,20)(H3,15,16,17,18). The molecule has 20 heavy (non-hydrogen) atoms. The van der Waals surface area contributed by atoms with Crippen molar-refractivity contribution in [1.29, 1.82) is 0 Å². The van der Waals surface area contributed by atoms with Crippen LogP contribution < -0.4 is 21.7 Å². The molecule has 0 aromatic carbocycles. The fourth-order valence-corrected chi connectivity index (χ4v) is 1.83. The second-order valence-electron chi connectivity index (χ2n) is 5.14. The lowest BCUT2D eigenvalue weighted by Crippen LogP contribution is -2.37. The van der Waals surface area contributed by atoms with E-state index < -0.39 is 5.91 Å². The molecule has 0 aliphatic heterocycles. The van der Waals surface area contributed by atoms with Gasteiger partial charge in [-0.05, 0) is 12.3 Å². The van der Waals surface area contributed by atoms with Gasteiger partial charge in [-0.3, -0.25) is 4.79 Å². The average molecular weight is 280 g/mol. The third-order valence-corrected chi connectivity index (χ3v) is 2.54. The van der Waals surface area contributed by atoms with Crippen LogP contribution in [0.4, 0.5) is 17.6 Å². The molecule has 0 spiro atoms. The molecular formula is C13H24N6O. The van der Waals surface area contributed by atoms with Crippen molar-refractivity contribution in [2.75, 3.05) is 35.6 Å². The number of rotatable bonds is 8. The number of aromatic nitrogens is 2. The monoisotopic (exact) mass is 280 g/mol. The summed E-state index contributed by atoms with van der Waals surface area (Å²) in [4.78, 5) is 21.3. The van der Waals surface area contributed by atoms with Crippen LogP contribution >= 0.6 is 0 Å². The van der Waals surface area contributed by atoms with Gasteiger partial charge in [0.05, 0.1) is 6.54 Å². The number of nitrogens with two attached hydrogens (primary N) is 2. The Bertz CT molecular complexity index is 448. The molecule has 0 radical (unpaired) electrons. The van der Waals surface area contributed by atoms with Gasteiger partial charge in [0.1, 0.15) is 11.6 Å². The van der Waals surface area contributed by atoms with E-state index in [0.29, 0.717) is 24.1 Å². The van der Waals surface area contributed by atoms with Crippen molar-refractivity contribution in [3.63, 3.8) is 0 Å². The van der Waals surface area contributed by atoms with E-state index in [1.54, 1.807) is 6.07 Å². The van der Waals surface area contributed by atoms with Crippen LogP contribution in [0.15, 0.2) is 6.07 Å². The van der Waals surface area contributed by atoms with E-state index in [9.17, 15) is 4.79 Å². The topological polar surface area (TPSA) is 110 Å². The van der Waals surface area contributed by atoms with Crippen molar-refractivity contribution in [3.8, 4) is 0 Å². The number of nitrogen functional groups attached to an aromatic ring is 1. The first kappa shape index (κ1) is 16.0. The van der Waals surface area contributed by atoms with Crippen LogP contribution in [-0.4, -0.2) is 35.5 Å². The Hall–Kier alpha value is -2.05. The second kappa shape index (κ2) is 7.52. The maximum atomic E-state index is 11.2. The van der Waals surface area contributed by atoms with Gasteiger partial charge in [-0.1, -0.05) is 20.8 Å². The number of carbonyl (C=O) groups is 1. The van der Waals surface area contributed by atoms with E-state index in [1.165, 1.54) is 0 Å². The third-order valence-electron chi connectivity index (χ3n) is 2.54. The molecule has 5 N–H and O–H groups in total. The molecule has 112 valence electrons. The summed E-state index contributed by atoms with van der Waals surface area (Å²) in [6.07, 6.45) is 0.982. The van der Waals surface area contributed by atoms with Crippen LogP contribution in [0, 0.1) is 5.92 Å². The fourth-order valence-electron chi connectivity index (χ4n) is 1.83. The van der Waals surface area contributed by atoms with E-state index in [0.717, 1.165) is 13.0 Å². The quantitative estimate of drug-likeness (QED) is 0.650. The molecule has 0 unspecified atom stereocenters. The SMILES string of the molecule is CCCNc1cc(N(CC(N)=O)CC(C)C)nc(N)n1. The highest BCUT2D eigenvalue weighted by Crippen LogP contribution is 2.18. The average Bonchev–Trinajstić information content (AvgIpc) is 2.33. The van der Waals surface area contributed by atoms with Crippen LogP contribution in [0.1, 0.15) is 27.2 Å². The van der Waals surface area contributed by atoms with Crippen LogP contribution in [0.2, 0.25) is 0 Å². The number of anilines is 3. The predicted molar refractivity (Wildman–Crippen MR) is 81.5 cm³/mol. The number of hydrogen-bond donors (Lipinski definition) is 3. The van der Waals surface area contributed by atoms with Gasteiger partial charge in [-0.25, -0.2) is 0 Å². The first-order valence-electron chi connectivity index (χ1n) is 6.84. The zero-order valence-electron chi connectivity index (χ0n) is 12.4. The van der Waals surface area contributed by atoms with Crippen LogP contribution in [-0.2, 0) is 4.79 Å². The number of nitrogens with one attached hydrogen (secondary N) is 1. The highest BCUT2D eigenvalue weighted by atomic mass is 16.1. The highest BCUT2D eigenvalue weighted by molar-refractivity contribution is 5.79. The van der Waals surface area contributed by atoms with Crippen molar-refractivity contribution in [3.05, 3.63) is 6.07 Å². The lowest BCUT2D eigenvalue weighted by Gasteiger charge is -2.24. The molecule has 1 heterocycles. The van der Waals surface area contributed by atoms with Gasteiger partial charge in [-0.2, -0.15) is 9.97 Å². The molecule has 1 aromatic heterocycles. The zero-order valence-corrected chi connectivity index (χ0v) is 12.4. The van der Waals surface area contributed by atoms with Crippen molar-refractivity contribution >= 4 is 23.5 Å². The summed E-state index contributed by atoms with van der Waals surface area (Å²) < 4.78 is 0. The molecule has 0 aliphatic carbocycles. The van der Waals surface area contributed by atoms with Crippen molar-refractivity contribution in [2.45, 2.75) is 27.2 Å². The van der Waals surface area contributed by atoms with E-state index >= 15 is 0 Å². The van der Waals surface area contributed by atoms with Gasteiger partial charge in [0.15, 0.2) is 0 Å². The molecule has 0 bridgehead atoms. The molecular weight excluding hydrogens is 256 g/mol. The fraction of sp³-hybridized carbons (Fsp3) is 0.615. The van der Waals surface area contributed by atoms with Crippen LogP contribution in [0.3, 0.4) is 0 Å². The third kappa shape index (κ3) is 5.29. The van der Waals surface area contributed by atoms with Crippen LogP contribution in [0.5, 0.6) is 0 Å². The Labute approximate surface area is 119 Å². The van der Waals surface area contributed by atoms with Gasteiger partial charge in [0.25, 0.3) is 0 Å². The number of primary amides is 1. The van der Waals surface area contributed by atoms with E-state index in [4.69, 9.17) is 11.5 Å². The smallest absolute Gasteiger partial charge is 0.236 e. The second-order valence-corrected chi connectivity index (χ2v) is 5.14. The number of nitrogens with zero attached hydrogens (tertiary/aromatic N) is 3. The lowest BCUT2D eigenvalue weighted by molar-refractivity contribution is -0.116. The molecule has 7 nitrogen and oxygen atoms in total. The maximum absolute atomic E-state index is 11.2. The summed E-state index contributed by atoms with van der Waals surface area (Å²) in [7, 11) is 0. The van der Waals surface area contributed by atoms with Gasteiger partial charge < -0.3 is 21.7 Å². The number of amides is 1. The van der Waals surface area contributed by atoms with E-state index in [2.05, 4.69) is 36.1 Å². The number of carbonyl (C=O) groups excluding carboxylic acids is 1. The van der Waals surface area contributed by atoms with E-state index in [1.807, 2.05) is 4.90 Å². The Morgan fingerprint density at radius 1 is 1.45 bits per heavy atom. The lowest BCUT2D eigenvalue weighted by atomic mass is 10.2. The maximum Gasteiger partial charge on any atom is 0.236 e. The van der Waals surface area contributed by atoms with Gasteiger partial charge in [-0.15, -0.1) is 0 Å². The molecule has 0 atom stereocenters. The van der Waals surface area contributed by atoms with Crippen molar-refractivity contribution < 1.29 is 4.79 Å². The molecule has 0 aliphatic rings. The van der Waals surface area contributed by atoms with Gasteiger partial charge in [0, 0.05) is 19.2 Å². The minimum absolute atomic E-state index is 0.113. The zero-order chi connectivity index (χ0) is 15.1. The van der Waals surface area contributed by atoms with Gasteiger partial charge >= 0.3 is 0 Å². The summed E-state index contributed by atoms with van der Waals surface area (Å²) in [5.41, 5.74) is 11.0. The Kier molecular flexibility index (Phi) is 6.02. The molecule has 7 heteroatoms. The highest BCUT2D eigenvalue weighted by Gasteiger charge is 2.14. The molecule has 0 fully saturated rings. The van der Waals surface area contributed by atoms with Gasteiger partial charge in [0.2, 0.25) is 11.9 Å². The van der Waals surface area contributed by atoms with Crippen molar-refractivity contribution in [2.24, 2.45) is 11.7 Å². The summed E-state index contributed by atoms with van der Waals surface area (Å²) in [5.74, 6) is 1.43. The molecule has 0 saturated heterocycles. The largest absolute Gasteiger partial charge is 0.370 e. The van der Waals surface area contributed by atoms with Crippen LogP contribution in [0.25, 0.3) is 0 Å². The number of hydrogen-bond acceptors (Lipinski definition) is 6. The molecule has 0 saturated carbocycles.